The van der Waals surface area contributed by atoms with Gasteiger partial charge in [-0.1, -0.05) is 129 Å². The van der Waals surface area contributed by atoms with Crippen molar-refractivity contribution in [2.75, 3.05) is 0 Å². The lowest BCUT2D eigenvalue weighted by atomic mass is 10.0. The van der Waals surface area contributed by atoms with Crippen LogP contribution in [0.4, 0.5) is 0 Å². The van der Waals surface area contributed by atoms with Crippen molar-refractivity contribution in [2.24, 2.45) is 0 Å². The third-order valence-corrected chi connectivity index (χ3v) is 5.29. The van der Waals surface area contributed by atoms with E-state index in [2.05, 4.69) is 6.92 Å². The number of hydrogen-bond donors (Lipinski definition) is 0. The van der Waals surface area contributed by atoms with Gasteiger partial charge in [0.05, 0.1) is 0 Å². The Morgan fingerprint density at radius 2 is 0.760 bits per heavy atom. The molecule has 0 aromatic heterocycles. The van der Waals surface area contributed by atoms with Crippen LogP contribution < -0.4 is 0 Å². The summed E-state index contributed by atoms with van der Waals surface area (Å²) >= 11 is 0. The Hall–Kier alpha value is -0.550. The molecule has 0 unspecified atom stereocenters. The highest BCUT2D eigenvalue weighted by molar-refractivity contribution is 5.44. The molecule has 1 heteroatoms. The first-order chi connectivity index (χ1) is 12.4. The van der Waals surface area contributed by atoms with E-state index in [0.29, 0.717) is 0 Å². The van der Waals surface area contributed by atoms with Crippen LogP contribution in [-0.4, -0.2) is 5.94 Å². The first kappa shape index (κ1) is 24.5. The molecule has 0 fully saturated rings. The fourth-order valence-corrected chi connectivity index (χ4v) is 3.56. The van der Waals surface area contributed by atoms with Crippen LogP contribution in [0, 0.1) is 0 Å². The van der Waals surface area contributed by atoms with Crippen LogP contribution in [-0.2, 0) is 4.79 Å². The van der Waals surface area contributed by atoms with Gasteiger partial charge in [0.15, 0.2) is 0 Å². The highest BCUT2D eigenvalue weighted by Crippen LogP contribution is 2.14. The second-order valence-corrected chi connectivity index (χ2v) is 7.83. The fraction of sp³-hybridized carbons (Fsp3) is 0.917. The van der Waals surface area contributed by atoms with Crippen LogP contribution >= 0.6 is 0 Å². The second-order valence-electron chi connectivity index (χ2n) is 7.83. The van der Waals surface area contributed by atoms with Gasteiger partial charge in [-0.25, -0.2) is 4.79 Å². The second kappa shape index (κ2) is 23.4. The van der Waals surface area contributed by atoms with Crippen LogP contribution in [0.1, 0.15) is 142 Å². The molecule has 0 heterocycles. The average Bonchev–Trinajstić information content (AvgIpc) is 2.63. The number of rotatable bonds is 21. The zero-order valence-electron chi connectivity index (χ0n) is 17.3. The maximum Gasteiger partial charge on any atom is 0.120 e. The van der Waals surface area contributed by atoms with E-state index in [1.807, 2.05) is 5.94 Å². The molecular formula is C24H46O. The third kappa shape index (κ3) is 23.4. The van der Waals surface area contributed by atoms with Gasteiger partial charge in [-0.15, -0.1) is 0 Å². The molecule has 0 rings (SSSR count). The number of allylic oxidation sites excluding steroid dienone is 1. The Balaban J connectivity index is 2.97. The Labute approximate surface area is 159 Å². The van der Waals surface area contributed by atoms with Crippen LogP contribution in [0.2, 0.25) is 0 Å². The van der Waals surface area contributed by atoms with E-state index in [1.165, 1.54) is 122 Å². The number of carbonyl (C=O) groups excluding carboxylic acids is 1. The largest absolute Gasteiger partial charge is 0.234 e. The van der Waals surface area contributed by atoms with E-state index in [9.17, 15) is 4.79 Å². The van der Waals surface area contributed by atoms with Crippen LogP contribution in [0.25, 0.3) is 0 Å². The fourth-order valence-electron chi connectivity index (χ4n) is 3.56. The van der Waals surface area contributed by atoms with Gasteiger partial charge in [0.1, 0.15) is 5.94 Å². The summed E-state index contributed by atoms with van der Waals surface area (Å²) in [5.41, 5.74) is 0. The van der Waals surface area contributed by atoms with E-state index in [0.717, 1.165) is 12.8 Å². The summed E-state index contributed by atoms with van der Waals surface area (Å²) in [7, 11) is 0. The molecule has 148 valence electrons. The standard InChI is InChI=1S/C24H46O/c1-2-3-4-5-6-7-8-9-10-11-12-13-14-15-16-17-18-19-20-21-22-23-24-25/h23H,2-22H2,1H3. The van der Waals surface area contributed by atoms with E-state index in [-0.39, 0.29) is 0 Å². The van der Waals surface area contributed by atoms with E-state index in [4.69, 9.17) is 0 Å². The first-order valence-corrected chi connectivity index (χ1v) is 11.6. The van der Waals surface area contributed by atoms with Crippen LogP contribution in [0.5, 0.6) is 0 Å². The highest BCUT2D eigenvalue weighted by atomic mass is 16.1. The number of unbranched alkanes of at least 4 members (excludes halogenated alkanes) is 20. The summed E-state index contributed by atoms with van der Waals surface area (Å²) in [6.07, 6.45) is 30.8. The summed E-state index contributed by atoms with van der Waals surface area (Å²) < 4.78 is 0. The molecule has 0 bridgehead atoms. The molecule has 0 radical (unpaired) electrons. The molecule has 0 aliphatic heterocycles. The van der Waals surface area contributed by atoms with Crippen molar-refractivity contribution >= 4 is 5.94 Å². The van der Waals surface area contributed by atoms with E-state index in [1.54, 1.807) is 6.08 Å². The quantitative estimate of drug-likeness (QED) is 0.150. The van der Waals surface area contributed by atoms with Gasteiger partial charge in [-0.3, -0.25) is 0 Å². The topological polar surface area (TPSA) is 17.1 Å². The average molecular weight is 351 g/mol. The van der Waals surface area contributed by atoms with Crippen molar-refractivity contribution < 1.29 is 4.79 Å². The van der Waals surface area contributed by atoms with Crippen molar-refractivity contribution in [2.45, 2.75) is 142 Å². The third-order valence-electron chi connectivity index (χ3n) is 5.29. The maximum absolute atomic E-state index is 10.0. The Morgan fingerprint density at radius 3 is 1.04 bits per heavy atom. The van der Waals surface area contributed by atoms with Gasteiger partial charge in [-0.2, -0.15) is 0 Å². The maximum atomic E-state index is 10.0. The lowest BCUT2D eigenvalue weighted by Gasteiger charge is -2.04. The van der Waals surface area contributed by atoms with E-state index < -0.39 is 0 Å². The van der Waals surface area contributed by atoms with Gasteiger partial charge in [0.25, 0.3) is 0 Å². The zero-order valence-corrected chi connectivity index (χ0v) is 17.3. The molecule has 1 nitrogen and oxygen atoms in total. The molecule has 0 aliphatic rings. The van der Waals surface area contributed by atoms with Gasteiger partial charge in [0, 0.05) is 0 Å². The molecule has 0 amide bonds. The Morgan fingerprint density at radius 1 is 0.480 bits per heavy atom. The molecule has 0 aromatic carbocycles. The highest BCUT2D eigenvalue weighted by Gasteiger charge is 1.95. The monoisotopic (exact) mass is 350 g/mol. The lowest BCUT2D eigenvalue weighted by Crippen LogP contribution is -1.84. The summed E-state index contributed by atoms with van der Waals surface area (Å²) in [5.74, 6) is 1.85. The summed E-state index contributed by atoms with van der Waals surface area (Å²) in [6.45, 7) is 2.29. The summed E-state index contributed by atoms with van der Waals surface area (Å²) in [4.78, 5) is 10.0. The molecule has 0 N–H and O–H groups in total. The van der Waals surface area contributed by atoms with Crippen molar-refractivity contribution in [1.82, 2.24) is 0 Å². The molecule has 0 spiro atoms. The summed E-state index contributed by atoms with van der Waals surface area (Å²) in [5, 5.41) is 0. The van der Waals surface area contributed by atoms with Crippen LogP contribution in [0.15, 0.2) is 6.08 Å². The molecule has 0 aromatic rings. The van der Waals surface area contributed by atoms with Crippen LogP contribution in [0.3, 0.4) is 0 Å². The summed E-state index contributed by atoms with van der Waals surface area (Å²) in [6, 6.07) is 0. The predicted octanol–water partition coefficient (Wildman–Crippen LogP) is 8.59. The molecule has 0 atom stereocenters. The molecule has 0 aliphatic carbocycles. The van der Waals surface area contributed by atoms with Gasteiger partial charge in [0.2, 0.25) is 0 Å². The van der Waals surface area contributed by atoms with Crippen molar-refractivity contribution in [1.29, 1.82) is 0 Å². The van der Waals surface area contributed by atoms with Gasteiger partial charge in [-0.05, 0) is 18.9 Å². The minimum atomic E-state index is 0.919. The minimum absolute atomic E-state index is 0.919. The molecule has 25 heavy (non-hydrogen) atoms. The van der Waals surface area contributed by atoms with Crippen molar-refractivity contribution in [3.63, 3.8) is 0 Å². The molecule has 0 saturated carbocycles. The first-order valence-electron chi connectivity index (χ1n) is 11.6. The van der Waals surface area contributed by atoms with E-state index >= 15 is 0 Å². The Bertz CT molecular complexity index is 278. The SMILES string of the molecule is CCCCCCCCCCCCCCCCCCCCCCC=C=O. The minimum Gasteiger partial charge on any atom is -0.234 e. The Kier molecular flexibility index (Phi) is 22.9. The van der Waals surface area contributed by atoms with Crippen molar-refractivity contribution in [3.05, 3.63) is 6.08 Å². The normalized spacial score (nSPS) is 10.8. The molecule has 0 saturated heterocycles. The van der Waals surface area contributed by atoms with Gasteiger partial charge < -0.3 is 0 Å². The lowest BCUT2D eigenvalue weighted by molar-refractivity contribution is 0.522. The predicted molar refractivity (Wildman–Crippen MR) is 113 cm³/mol. The van der Waals surface area contributed by atoms with Gasteiger partial charge >= 0.3 is 0 Å². The molecular weight excluding hydrogens is 304 g/mol. The van der Waals surface area contributed by atoms with Crippen molar-refractivity contribution in [3.8, 4) is 0 Å². The number of hydrogen-bond acceptors (Lipinski definition) is 1. The smallest absolute Gasteiger partial charge is 0.120 e. The zero-order chi connectivity index (χ0) is 18.3.